The van der Waals surface area contributed by atoms with Gasteiger partial charge in [-0.3, -0.25) is 13.7 Å². The summed E-state index contributed by atoms with van der Waals surface area (Å²) in [6.07, 6.45) is -0.0680. The van der Waals surface area contributed by atoms with Crippen molar-refractivity contribution in [2.45, 2.75) is 16.4 Å². The number of methoxy groups -OCH3 is 1. The van der Waals surface area contributed by atoms with E-state index in [-0.39, 0.29) is 32.9 Å². The molecule has 0 saturated heterocycles. The summed E-state index contributed by atoms with van der Waals surface area (Å²) in [5.74, 6) is -0.528. The average molecular weight is 442 g/mol. The number of fused-ring (bicyclic) bond motifs is 1. The van der Waals surface area contributed by atoms with Crippen molar-refractivity contribution in [3.05, 3.63) is 53.6 Å². The Labute approximate surface area is 169 Å². The Kier molecular flexibility index (Phi) is 6.07. The quantitative estimate of drug-likeness (QED) is 0.562. The molecule has 0 amide bonds. The molecule has 0 radical (unpaired) electrons. The third kappa shape index (κ3) is 4.54. The van der Waals surface area contributed by atoms with E-state index < -0.39 is 26.8 Å². The molecule has 2 aromatic carbocycles. The molecule has 0 aliphatic carbocycles. The van der Waals surface area contributed by atoms with Gasteiger partial charge in [-0.2, -0.15) is 8.42 Å². The molecule has 3 aromatic rings. The van der Waals surface area contributed by atoms with Gasteiger partial charge in [0.05, 0.1) is 34.9 Å². The SMILES string of the molecule is COC(=O)CCS(=O)c1ccc(Cl)cc1NS(=O)(=O)c1cc2ccccc2o1. The van der Waals surface area contributed by atoms with Gasteiger partial charge in [0.1, 0.15) is 5.58 Å². The summed E-state index contributed by atoms with van der Waals surface area (Å²) in [5, 5.41) is 0.617. The van der Waals surface area contributed by atoms with E-state index in [1.807, 2.05) is 0 Å². The summed E-state index contributed by atoms with van der Waals surface area (Å²) in [5.41, 5.74) is 0.479. The van der Waals surface area contributed by atoms with E-state index in [1.54, 1.807) is 24.3 Å². The second-order valence-electron chi connectivity index (χ2n) is 5.73. The van der Waals surface area contributed by atoms with Crippen LogP contribution < -0.4 is 4.72 Å². The van der Waals surface area contributed by atoms with E-state index >= 15 is 0 Å². The Morgan fingerprint density at radius 1 is 1.21 bits per heavy atom. The van der Waals surface area contributed by atoms with Crippen LogP contribution in [0.25, 0.3) is 11.0 Å². The predicted octanol–water partition coefficient (Wildman–Crippen LogP) is 3.56. The number of halogens is 1. The molecule has 28 heavy (non-hydrogen) atoms. The second-order valence-corrected chi connectivity index (χ2v) is 9.31. The van der Waals surface area contributed by atoms with Gasteiger partial charge in [0.15, 0.2) is 0 Å². The molecule has 1 N–H and O–H groups in total. The van der Waals surface area contributed by atoms with Gasteiger partial charge in [-0.25, -0.2) is 0 Å². The third-order valence-electron chi connectivity index (χ3n) is 3.82. The fourth-order valence-corrected chi connectivity index (χ4v) is 4.88. The van der Waals surface area contributed by atoms with Crippen molar-refractivity contribution in [3.63, 3.8) is 0 Å². The molecule has 0 fully saturated rings. The lowest BCUT2D eigenvalue weighted by atomic mass is 10.3. The average Bonchev–Trinajstić information content (AvgIpc) is 3.11. The monoisotopic (exact) mass is 441 g/mol. The molecule has 0 bridgehead atoms. The highest BCUT2D eigenvalue weighted by Crippen LogP contribution is 2.29. The minimum Gasteiger partial charge on any atom is -0.469 e. The molecule has 1 aromatic heterocycles. The number of rotatable bonds is 7. The minimum absolute atomic E-state index is 0.0202. The van der Waals surface area contributed by atoms with E-state index in [0.29, 0.717) is 11.0 Å². The van der Waals surface area contributed by atoms with Crippen molar-refractivity contribution in [1.82, 2.24) is 0 Å². The van der Waals surface area contributed by atoms with Crippen molar-refractivity contribution in [2.75, 3.05) is 17.6 Å². The molecule has 148 valence electrons. The first-order valence-electron chi connectivity index (χ1n) is 8.06. The van der Waals surface area contributed by atoms with Crippen molar-refractivity contribution >= 4 is 55.0 Å². The molecule has 7 nitrogen and oxygen atoms in total. The van der Waals surface area contributed by atoms with Crippen molar-refractivity contribution in [3.8, 4) is 0 Å². The largest absolute Gasteiger partial charge is 0.469 e. The maximum atomic E-state index is 12.7. The number of para-hydroxylation sites is 1. The van der Waals surface area contributed by atoms with Crippen molar-refractivity contribution in [2.24, 2.45) is 0 Å². The van der Waals surface area contributed by atoms with Gasteiger partial charge in [-0.1, -0.05) is 29.8 Å². The Balaban J connectivity index is 1.91. The summed E-state index contributed by atoms with van der Waals surface area (Å²) in [6, 6.07) is 12.6. The molecular formula is C18H16ClNO6S2. The first-order chi connectivity index (χ1) is 13.3. The number of hydrogen-bond donors (Lipinski definition) is 1. The van der Waals surface area contributed by atoms with Crippen LogP contribution in [0.5, 0.6) is 0 Å². The third-order valence-corrected chi connectivity index (χ3v) is 6.69. The lowest BCUT2D eigenvalue weighted by molar-refractivity contribution is -0.140. The fourth-order valence-electron chi connectivity index (χ4n) is 2.45. The minimum atomic E-state index is -4.09. The fraction of sp³-hybridized carbons (Fsp3) is 0.167. The van der Waals surface area contributed by atoms with Crippen LogP contribution in [-0.2, 0) is 30.4 Å². The van der Waals surface area contributed by atoms with E-state index in [9.17, 15) is 17.4 Å². The van der Waals surface area contributed by atoms with Gasteiger partial charge in [0.2, 0.25) is 5.09 Å². The van der Waals surface area contributed by atoms with Gasteiger partial charge in [-0.05, 0) is 24.3 Å². The predicted molar refractivity (Wildman–Crippen MR) is 106 cm³/mol. The standard InChI is InChI=1S/C18H16ClNO6S2/c1-25-17(21)8-9-27(22)16-7-6-13(19)11-14(16)20-28(23,24)18-10-12-4-2-3-5-15(12)26-18/h2-7,10-11,20H,8-9H2,1H3. The Morgan fingerprint density at radius 3 is 2.68 bits per heavy atom. The summed E-state index contributed by atoms with van der Waals surface area (Å²) in [4.78, 5) is 11.5. The van der Waals surface area contributed by atoms with Crippen molar-refractivity contribution in [1.29, 1.82) is 0 Å². The van der Waals surface area contributed by atoms with E-state index in [4.69, 9.17) is 16.0 Å². The maximum absolute atomic E-state index is 12.7. The zero-order chi connectivity index (χ0) is 20.3. The Hall–Kier alpha value is -2.36. The smallest absolute Gasteiger partial charge is 0.306 e. The van der Waals surface area contributed by atoms with Gasteiger partial charge < -0.3 is 9.15 Å². The highest BCUT2D eigenvalue weighted by molar-refractivity contribution is 7.92. The number of nitrogens with one attached hydrogen (secondary N) is 1. The number of anilines is 1. The number of furan rings is 1. The first kappa shape index (κ1) is 20.4. The number of carbonyl (C=O) groups is 1. The summed E-state index contributed by atoms with van der Waals surface area (Å²) >= 11 is 5.98. The zero-order valence-corrected chi connectivity index (χ0v) is 17.1. The van der Waals surface area contributed by atoms with Crippen LogP contribution in [0.1, 0.15) is 6.42 Å². The van der Waals surface area contributed by atoms with E-state index in [1.165, 1.54) is 31.4 Å². The highest BCUT2D eigenvalue weighted by Gasteiger charge is 2.23. The van der Waals surface area contributed by atoms with Crippen LogP contribution in [0.15, 0.2) is 62.9 Å². The lowest BCUT2D eigenvalue weighted by Gasteiger charge is -2.11. The van der Waals surface area contributed by atoms with Crippen LogP contribution in [0, 0.1) is 0 Å². The second kappa shape index (κ2) is 8.34. The Morgan fingerprint density at radius 2 is 1.96 bits per heavy atom. The number of carbonyl (C=O) groups excluding carboxylic acids is 1. The van der Waals surface area contributed by atoms with Crippen LogP contribution in [0.4, 0.5) is 5.69 Å². The number of esters is 1. The van der Waals surface area contributed by atoms with E-state index in [0.717, 1.165) is 0 Å². The molecule has 1 atom stereocenters. The van der Waals surface area contributed by atoms with Gasteiger partial charge >= 0.3 is 5.97 Å². The molecular weight excluding hydrogens is 426 g/mol. The first-order valence-corrected chi connectivity index (χ1v) is 11.2. The van der Waals surface area contributed by atoms with Gasteiger partial charge in [0.25, 0.3) is 10.0 Å². The summed E-state index contributed by atoms with van der Waals surface area (Å²) in [7, 11) is -4.50. The molecule has 0 aliphatic rings. The molecule has 1 unspecified atom stereocenters. The molecule has 0 aliphatic heterocycles. The van der Waals surface area contributed by atoms with Crippen LogP contribution in [-0.4, -0.2) is 31.5 Å². The van der Waals surface area contributed by atoms with Crippen LogP contribution in [0.2, 0.25) is 5.02 Å². The molecule has 10 heteroatoms. The highest BCUT2D eigenvalue weighted by atomic mass is 35.5. The van der Waals surface area contributed by atoms with Crippen LogP contribution in [0.3, 0.4) is 0 Å². The van der Waals surface area contributed by atoms with Crippen LogP contribution >= 0.6 is 11.6 Å². The number of benzene rings is 2. The molecule has 0 saturated carbocycles. The summed E-state index contributed by atoms with van der Waals surface area (Å²) < 4.78 is 50.4. The number of sulfonamides is 1. The topological polar surface area (TPSA) is 103 Å². The number of hydrogen-bond acceptors (Lipinski definition) is 6. The zero-order valence-electron chi connectivity index (χ0n) is 14.7. The molecule has 1 heterocycles. The molecule has 3 rings (SSSR count). The number of ether oxygens (including phenoxy) is 1. The lowest BCUT2D eigenvalue weighted by Crippen LogP contribution is -2.15. The molecule has 0 spiro atoms. The van der Waals surface area contributed by atoms with Crippen molar-refractivity contribution < 1.29 is 26.6 Å². The maximum Gasteiger partial charge on any atom is 0.306 e. The van der Waals surface area contributed by atoms with Gasteiger partial charge in [-0.15, -0.1) is 0 Å². The summed E-state index contributed by atoms with van der Waals surface area (Å²) in [6.45, 7) is 0. The van der Waals surface area contributed by atoms with Gasteiger partial charge in [0, 0.05) is 22.2 Å². The Bertz CT molecular complexity index is 1120. The normalized spacial score (nSPS) is 12.6. The van der Waals surface area contributed by atoms with E-state index in [2.05, 4.69) is 9.46 Å².